The minimum absolute atomic E-state index is 0.202. The predicted octanol–water partition coefficient (Wildman–Crippen LogP) is 3.05. The molecule has 0 fully saturated rings. The lowest BCUT2D eigenvalue weighted by Crippen LogP contribution is -2.44. The molecule has 124 valence electrons. The second-order valence-corrected chi connectivity index (χ2v) is 6.12. The number of rotatable bonds is 4. The first kappa shape index (κ1) is 17.4. The smallest absolute Gasteiger partial charge is 0.380 e. The number of amides is 1. The fraction of sp³-hybridized carbons (Fsp3) is 0.357. The average molecular weight is 345 g/mol. The van der Waals surface area contributed by atoms with E-state index in [2.05, 4.69) is 15.5 Å². The van der Waals surface area contributed by atoms with Crippen molar-refractivity contribution in [1.29, 1.82) is 0 Å². The lowest BCUT2D eigenvalue weighted by atomic mass is 9.84. The van der Waals surface area contributed by atoms with Crippen LogP contribution in [0.3, 0.4) is 0 Å². The Morgan fingerprint density at radius 3 is 2.39 bits per heavy atom. The van der Waals surface area contributed by atoms with Crippen LogP contribution in [0, 0.1) is 0 Å². The Labute approximate surface area is 134 Å². The van der Waals surface area contributed by atoms with E-state index in [0.717, 1.165) is 5.56 Å². The molecule has 0 spiro atoms. The van der Waals surface area contributed by atoms with E-state index in [1.165, 1.54) is 6.92 Å². The van der Waals surface area contributed by atoms with Crippen LogP contribution in [0.15, 0.2) is 30.3 Å². The quantitative estimate of drug-likeness (QED) is 0.893. The van der Waals surface area contributed by atoms with Crippen molar-refractivity contribution < 1.29 is 23.1 Å². The minimum Gasteiger partial charge on any atom is -0.380 e. The summed E-state index contributed by atoms with van der Waals surface area (Å²) in [5.41, 5.74) is -1.10. The van der Waals surface area contributed by atoms with Gasteiger partial charge in [-0.15, -0.1) is 10.2 Å². The van der Waals surface area contributed by atoms with Crippen LogP contribution in [-0.4, -0.2) is 26.8 Å². The van der Waals surface area contributed by atoms with Gasteiger partial charge >= 0.3 is 6.18 Å². The Morgan fingerprint density at radius 2 is 1.87 bits per heavy atom. The molecule has 1 amide bonds. The lowest BCUT2D eigenvalue weighted by molar-refractivity contribution is -0.138. The van der Waals surface area contributed by atoms with Crippen molar-refractivity contribution in [2.75, 3.05) is 5.32 Å². The number of carbonyl (C=O) groups is 1. The van der Waals surface area contributed by atoms with Crippen LogP contribution < -0.4 is 5.32 Å². The molecule has 1 aromatic heterocycles. The second kappa shape index (κ2) is 6.25. The molecule has 2 rings (SSSR count). The van der Waals surface area contributed by atoms with Gasteiger partial charge in [-0.3, -0.25) is 10.1 Å². The topological polar surface area (TPSA) is 75.1 Å². The van der Waals surface area contributed by atoms with E-state index in [4.69, 9.17) is 0 Å². The van der Waals surface area contributed by atoms with E-state index in [9.17, 15) is 23.1 Å². The van der Waals surface area contributed by atoms with Gasteiger partial charge in [0.25, 0.3) is 5.91 Å². The predicted molar refractivity (Wildman–Crippen MR) is 79.0 cm³/mol. The van der Waals surface area contributed by atoms with Crippen LogP contribution >= 0.6 is 11.3 Å². The fourth-order valence-electron chi connectivity index (χ4n) is 1.87. The number of aliphatic hydroxyl groups is 1. The molecule has 5 nitrogen and oxygen atoms in total. The molecule has 1 heterocycles. The second-order valence-electron chi connectivity index (χ2n) is 5.14. The summed E-state index contributed by atoms with van der Waals surface area (Å²) in [7, 11) is 0. The Morgan fingerprint density at radius 1 is 1.26 bits per heavy atom. The van der Waals surface area contributed by atoms with Crippen LogP contribution in [-0.2, 0) is 11.0 Å². The average Bonchev–Trinajstić information content (AvgIpc) is 2.96. The molecule has 2 N–H and O–H groups in total. The molecule has 0 saturated carbocycles. The number of carbonyl (C=O) groups excluding carboxylic acids is 1. The van der Waals surface area contributed by atoms with Crippen LogP contribution in [0.5, 0.6) is 0 Å². The summed E-state index contributed by atoms with van der Waals surface area (Å²) >= 11 is 0.202. The third-order valence-electron chi connectivity index (χ3n) is 3.49. The van der Waals surface area contributed by atoms with E-state index in [-0.39, 0.29) is 16.5 Å². The van der Waals surface area contributed by atoms with Gasteiger partial charge < -0.3 is 5.11 Å². The van der Waals surface area contributed by atoms with E-state index < -0.39 is 28.6 Å². The van der Waals surface area contributed by atoms with Gasteiger partial charge in [0.1, 0.15) is 5.60 Å². The SMILES string of the molecule is CC(c1ccccc1)C(C)(O)C(=O)Nc1nnc(C(F)(F)F)s1. The van der Waals surface area contributed by atoms with E-state index in [0.29, 0.717) is 0 Å². The van der Waals surface area contributed by atoms with E-state index in [1.54, 1.807) is 37.3 Å². The van der Waals surface area contributed by atoms with Gasteiger partial charge in [0.15, 0.2) is 0 Å². The van der Waals surface area contributed by atoms with Crippen LogP contribution in [0.25, 0.3) is 0 Å². The highest BCUT2D eigenvalue weighted by Crippen LogP contribution is 2.34. The maximum Gasteiger partial charge on any atom is 0.445 e. The van der Waals surface area contributed by atoms with Crippen molar-refractivity contribution in [2.45, 2.75) is 31.5 Å². The zero-order valence-electron chi connectivity index (χ0n) is 12.3. The molecule has 2 atom stereocenters. The molecule has 2 unspecified atom stereocenters. The van der Waals surface area contributed by atoms with Gasteiger partial charge in [-0.1, -0.05) is 48.6 Å². The Balaban J connectivity index is 2.14. The van der Waals surface area contributed by atoms with Crippen molar-refractivity contribution in [3.8, 4) is 0 Å². The van der Waals surface area contributed by atoms with Crippen molar-refractivity contribution in [3.63, 3.8) is 0 Å². The standard InChI is InChI=1S/C14H14F3N3O2S/c1-8(9-6-4-3-5-7-9)13(2,22)10(21)18-12-20-19-11(23-12)14(15,16)17/h3-8,22H,1-2H3,(H,18,20,21). The molecule has 23 heavy (non-hydrogen) atoms. The first-order valence-electron chi connectivity index (χ1n) is 6.62. The number of nitrogens with one attached hydrogen (secondary N) is 1. The minimum atomic E-state index is -4.62. The first-order valence-corrected chi connectivity index (χ1v) is 7.43. The van der Waals surface area contributed by atoms with Gasteiger partial charge in [0, 0.05) is 5.92 Å². The summed E-state index contributed by atoms with van der Waals surface area (Å²) in [4.78, 5) is 12.2. The Bertz CT molecular complexity index is 686. The van der Waals surface area contributed by atoms with Gasteiger partial charge in [0.2, 0.25) is 10.1 Å². The molecular weight excluding hydrogens is 331 g/mol. The van der Waals surface area contributed by atoms with E-state index in [1.807, 2.05) is 0 Å². The van der Waals surface area contributed by atoms with Crippen LogP contribution in [0.2, 0.25) is 0 Å². The molecule has 9 heteroatoms. The molecule has 1 aromatic carbocycles. The maximum absolute atomic E-state index is 12.5. The normalized spacial score (nSPS) is 15.7. The summed E-state index contributed by atoms with van der Waals surface area (Å²) in [6, 6.07) is 8.82. The fourth-order valence-corrected chi connectivity index (χ4v) is 2.48. The number of aromatic nitrogens is 2. The summed E-state index contributed by atoms with van der Waals surface area (Å²) in [6.07, 6.45) is -4.62. The highest BCUT2D eigenvalue weighted by atomic mass is 32.1. The summed E-state index contributed by atoms with van der Waals surface area (Å²) in [6.45, 7) is 2.95. The third kappa shape index (κ3) is 3.85. The van der Waals surface area contributed by atoms with Crippen molar-refractivity contribution >= 4 is 22.4 Å². The molecule has 0 aliphatic heterocycles. The van der Waals surface area contributed by atoms with Crippen molar-refractivity contribution in [2.24, 2.45) is 0 Å². The molecular formula is C14H14F3N3O2S. The van der Waals surface area contributed by atoms with Gasteiger partial charge in [0.05, 0.1) is 0 Å². The number of hydrogen-bond acceptors (Lipinski definition) is 5. The molecule has 2 aromatic rings. The van der Waals surface area contributed by atoms with Crippen LogP contribution in [0.4, 0.5) is 18.3 Å². The number of anilines is 1. The maximum atomic E-state index is 12.5. The number of benzene rings is 1. The number of nitrogens with zero attached hydrogens (tertiary/aromatic N) is 2. The van der Waals surface area contributed by atoms with Crippen LogP contribution in [0.1, 0.15) is 30.3 Å². The molecule has 0 saturated heterocycles. The highest BCUT2D eigenvalue weighted by molar-refractivity contribution is 7.15. The zero-order valence-corrected chi connectivity index (χ0v) is 13.1. The zero-order chi connectivity index (χ0) is 17.3. The monoisotopic (exact) mass is 345 g/mol. The highest BCUT2D eigenvalue weighted by Gasteiger charge is 2.39. The number of alkyl halides is 3. The van der Waals surface area contributed by atoms with Crippen molar-refractivity contribution in [3.05, 3.63) is 40.9 Å². The molecule has 0 aliphatic carbocycles. The third-order valence-corrected chi connectivity index (χ3v) is 4.37. The summed E-state index contributed by atoms with van der Waals surface area (Å²) in [5.74, 6) is -1.42. The number of hydrogen-bond donors (Lipinski definition) is 2. The molecule has 0 aliphatic rings. The van der Waals surface area contributed by atoms with E-state index >= 15 is 0 Å². The summed E-state index contributed by atoms with van der Waals surface area (Å²) in [5, 5.41) is 17.4. The lowest BCUT2D eigenvalue weighted by Gasteiger charge is -2.28. The molecule has 0 radical (unpaired) electrons. The summed E-state index contributed by atoms with van der Waals surface area (Å²) < 4.78 is 37.4. The Hall–Kier alpha value is -2.00. The largest absolute Gasteiger partial charge is 0.445 e. The van der Waals surface area contributed by atoms with Gasteiger partial charge in [-0.25, -0.2) is 0 Å². The van der Waals surface area contributed by atoms with Crippen molar-refractivity contribution in [1.82, 2.24) is 10.2 Å². The van der Waals surface area contributed by atoms with Gasteiger partial charge in [-0.2, -0.15) is 13.2 Å². The Kier molecular flexibility index (Phi) is 4.71. The first-order chi connectivity index (χ1) is 10.6. The molecule has 0 bridgehead atoms. The van der Waals surface area contributed by atoms with Gasteiger partial charge in [-0.05, 0) is 12.5 Å². The number of halogens is 3.